The number of pyridine rings is 1. The fraction of sp³-hybridized carbons (Fsp3) is 0.562. The Morgan fingerprint density at radius 3 is 2.65 bits per heavy atom. The van der Waals surface area contributed by atoms with Gasteiger partial charge < -0.3 is 14.5 Å². The van der Waals surface area contributed by atoms with Crippen LogP contribution in [0.2, 0.25) is 0 Å². The maximum atomic E-state index is 12.3. The number of amides is 1. The van der Waals surface area contributed by atoms with Gasteiger partial charge in [0, 0.05) is 45.5 Å². The molecule has 0 N–H and O–H groups in total. The molecule has 1 amide bonds. The fourth-order valence-corrected chi connectivity index (χ4v) is 2.96. The van der Waals surface area contributed by atoms with E-state index in [0.29, 0.717) is 38.4 Å². The van der Waals surface area contributed by atoms with Crippen LogP contribution in [0.1, 0.15) is 5.56 Å². The Kier molecular flexibility index (Phi) is 5.05. The molecule has 7 nitrogen and oxygen atoms in total. The van der Waals surface area contributed by atoms with Crippen LogP contribution in [0, 0.1) is 11.3 Å². The summed E-state index contributed by atoms with van der Waals surface area (Å²) in [6.45, 7) is 6.28. The Bertz CT molecular complexity index is 586. The molecule has 0 radical (unpaired) electrons. The topological polar surface area (TPSA) is 72.7 Å². The van der Waals surface area contributed by atoms with E-state index in [4.69, 9.17) is 4.74 Å². The van der Waals surface area contributed by atoms with Gasteiger partial charge >= 0.3 is 0 Å². The molecule has 0 aliphatic carbocycles. The van der Waals surface area contributed by atoms with Crippen molar-refractivity contribution in [3.05, 3.63) is 23.9 Å². The van der Waals surface area contributed by atoms with Crippen LogP contribution in [0.25, 0.3) is 0 Å². The lowest BCUT2D eigenvalue weighted by molar-refractivity contribution is -0.136. The number of hydrogen-bond acceptors (Lipinski definition) is 6. The van der Waals surface area contributed by atoms with Crippen LogP contribution in [0.15, 0.2) is 18.3 Å². The summed E-state index contributed by atoms with van der Waals surface area (Å²) >= 11 is 0. The van der Waals surface area contributed by atoms with Gasteiger partial charge in [0.25, 0.3) is 0 Å². The van der Waals surface area contributed by atoms with Crippen molar-refractivity contribution in [3.63, 3.8) is 0 Å². The number of anilines is 1. The highest BCUT2D eigenvalue weighted by atomic mass is 16.5. The van der Waals surface area contributed by atoms with Gasteiger partial charge in [0.05, 0.1) is 25.3 Å². The molecule has 1 aromatic rings. The summed E-state index contributed by atoms with van der Waals surface area (Å²) in [5, 5.41) is 9.18. The van der Waals surface area contributed by atoms with E-state index in [1.807, 2.05) is 4.90 Å². The highest BCUT2D eigenvalue weighted by Crippen LogP contribution is 2.18. The van der Waals surface area contributed by atoms with Crippen LogP contribution in [0.3, 0.4) is 0 Å². The van der Waals surface area contributed by atoms with Crippen molar-refractivity contribution in [2.45, 2.75) is 0 Å². The number of hydrogen-bond donors (Lipinski definition) is 0. The van der Waals surface area contributed by atoms with Gasteiger partial charge in [-0.15, -0.1) is 0 Å². The number of nitrogens with zero attached hydrogens (tertiary/aromatic N) is 5. The monoisotopic (exact) mass is 315 g/mol. The minimum Gasteiger partial charge on any atom is -0.378 e. The molecule has 7 heteroatoms. The molecule has 2 aliphatic heterocycles. The quantitative estimate of drug-likeness (QED) is 0.778. The van der Waals surface area contributed by atoms with Crippen molar-refractivity contribution in [1.82, 2.24) is 14.8 Å². The van der Waals surface area contributed by atoms with Crippen molar-refractivity contribution < 1.29 is 9.53 Å². The van der Waals surface area contributed by atoms with Crippen molar-refractivity contribution in [3.8, 4) is 6.07 Å². The lowest BCUT2D eigenvalue weighted by Gasteiger charge is -2.36. The first-order valence-electron chi connectivity index (χ1n) is 7.96. The Labute approximate surface area is 136 Å². The number of carbonyl (C=O) groups excluding carboxylic acids is 1. The number of morpholine rings is 1. The molecule has 122 valence electrons. The molecule has 0 atom stereocenters. The summed E-state index contributed by atoms with van der Waals surface area (Å²) < 4.78 is 5.28. The third kappa shape index (κ3) is 3.78. The van der Waals surface area contributed by atoms with E-state index in [0.717, 1.165) is 32.0 Å². The molecular weight excluding hydrogens is 294 g/mol. The third-order valence-corrected chi connectivity index (χ3v) is 4.30. The fourth-order valence-electron chi connectivity index (χ4n) is 2.96. The van der Waals surface area contributed by atoms with Crippen LogP contribution < -0.4 is 4.90 Å². The van der Waals surface area contributed by atoms with Crippen LogP contribution in [-0.2, 0) is 9.53 Å². The Morgan fingerprint density at radius 2 is 1.96 bits per heavy atom. The van der Waals surface area contributed by atoms with Gasteiger partial charge in [0.2, 0.25) is 5.91 Å². The van der Waals surface area contributed by atoms with E-state index in [2.05, 4.69) is 20.9 Å². The minimum atomic E-state index is 0.178. The molecule has 2 fully saturated rings. The number of rotatable bonds is 3. The first-order valence-corrected chi connectivity index (χ1v) is 7.96. The van der Waals surface area contributed by atoms with E-state index < -0.39 is 0 Å². The van der Waals surface area contributed by atoms with Crippen molar-refractivity contribution in [2.24, 2.45) is 0 Å². The third-order valence-electron chi connectivity index (χ3n) is 4.30. The Balaban J connectivity index is 1.52. The summed E-state index contributed by atoms with van der Waals surface area (Å²) in [5.74, 6) is 0.923. The average molecular weight is 315 g/mol. The number of nitriles is 1. The average Bonchev–Trinajstić information content (AvgIpc) is 2.63. The van der Waals surface area contributed by atoms with E-state index in [-0.39, 0.29) is 5.91 Å². The molecule has 0 bridgehead atoms. The van der Waals surface area contributed by atoms with E-state index in [1.165, 1.54) is 0 Å². The predicted molar refractivity (Wildman–Crippen MR) is 85.0 cm³/mol. The molecule has 0 saturated carbocycles. The molecule has 0 spiro atoms. The Morgan fingerprint density at radius 1 is 1.22 bits per heavy atom. The smallest absolute Gasteiger partial charge is 0.236 e. The predicted octanol–water partition coefficient (Wildman–Crippen LogP) is -0.0659. The van der Waals surface area contributed by atoms with Gasteiger partial charge in [0.1, 0.15) is 11.9 Å². The SMILES string of the molecule is N#Cc1cccnc1N1CCN(CC(=O)N2CCOCC2)CC1. The van der Waals surface area contributed by atoms with Crippen molar-refractivity contribution in [1.29, 1.82) is 5.26 Å². The minimum absolute atomic E-state index is 0.178. The van der Waals surface area contributed by atoms with Crippen LogP contribution in [0.5, 0.6) is 0 Å². The van der Waals surface area contributed by atoms with Crippen LogP contribution in [0.4, 0.5) is 5.82 Å². The zero-order valence-corrected chi connectivity index (χ0v) is 13.1. The second kappa shape index (κ2) is 7.40. The molecule has 0 unspecified atom stereocenters. The summed E-state index contributed by atoms with van der Waals surface area (Å²) in [5.41, 5.74) is 0.602. The molecule has 1 aromatic heterocycles. The highest BCUT2D eigenvalue weighted by molar-refractivity contribution is 5.78. The molecule has 0 aromatic carbocycles. The first kappa shape index (κ1) is 15.7. The number of aromatic nitrogens is 1. The molecule has 23 heavy (non-hydrogen) atoms. The van der Waals surface area contributed by atoms with Gasteiger partial charge in [-0.05, 0) is 12.1 Å². The maximum Gasteiger partial charge on any atom is 0.236 e. The van der Waals surface area contributed by atoms with Crippen molar-refractivity contribution >= 4 is 11.7 Å². The standard InChI is InChI=1S/C16H21N5O2/c17-12-14-2-1-3-18-16(14)21-6-4-19(5-7-21)13-15(22)20-8-10-23-11-9-20/h1-3H,4-11,13H2. The highest BCUT2D eigenvalue weighted by Gasteiger charge is 2.24. The lowest BCUT2D eigenvalue weighted by atomic mass is 10.2. The zero-order chi connectivity index (χ0) is 16.1. The van der Waals surface area contributed by atoms with E-state index in [9.17, 15) is 10.1 Å². The molecule has 3 rings (SSSR count). The summed E-state index contributed by atoms with van der Waals surface area (Å²) in [7, 11) is 0. The van der Waals surface area contributed by atoms with Gasteiger partial charge in [-0.1, -0.05) is 0 Å². The molecule has 2 aliphatic rings. The number of carbonyl (C=O) groups is 1. The molecule has 2 saturated heterocycles. The number of piperazine rings is 1. The van der Waals surface area contributed by atoms with Gasteiger partial charge in [0.15, 0.2) is 0 Å². The first-order chi connectivity index (χ1) is 11.3. The molecule has 3 heterocycles. The second-order valence-electron chi connectivity index (χ2n) is 5.74. The number of ether oxygens (including phenoxy) is 1. The van der Waals surface area contributed by atoms with Crippen LogP contribution in [-0.4, -0.2) is 79.7 Å². The maximum absolute atomic E-state index is 12.3. The van der Waals surface area contributed by atoms with E-state index in [1.54, 1.807) is 18.3 Å². The molecular formula is C16H21N5O2. The Hall–Kier alpha value is -2.17. The zero-order valence-electron chi connectivity index (χ0n) is 13.1. The normalized spacial score (nSPS) is 19.4. The summed E-state index contributed by atoms with van der Waals surface area (Å²) in [4.78, 5) is 22.8. The van der Waals surface area contributed by atoms with Gasteiger partial charge in [-0.25, -0.2) is 4.98 Å². The van der Waals surface area contributed by atoms with Gasteiger partial charge in [-0.2, -0.15) is 5.26 Å². The van der Waals surface area contributed by atoms with E-state index >= 15 is 0 Å². The van der Waals surface area contributed by atoms with Gasteiger partial charge in [-0.3, -0.25) is 9.69 Å². The largest absolute Gasteiger partial charge is 0.378 e. The summed E-state index contributed by atoms with van der Waals surface area (Å²) in [6, 6.07) is 5.75. The second-order valence-corrected chi connectivity index (χ2v) is 5.74. The summed E-state index contributed by atoms with van der Waals surface area (Å²) in [6.07, 6.45) is 1.71. The lowest BCUT2D eigenvalue weighted by Crippen LogP contribution is -2.51. The van der Waals surface area contributed by atoms with Crippen LogP contribution >= 0.6 is 0 Å². The van der Waals surface area contributed by atoms with Crippen molar-refractivity contribution in [2.75, 3.05) is 63.9 Å².